The van der Waals surface area contributed by atoms with Gasteiger partial charge in [0.2, 0.25) is 0 Å². The van der Waals surface area contributed by atoms with Gasteiger partial charge in [0.25, 0.3) is 11.8 Å². The molecular formula is C24H21ClN2O3. The Morgan fingerprint density at radius 2 is 1.73 bits per heavy atom. The Balaban J connectivity index is 1.39. The number of hydrogen-bond donors (Lipinski definition) is 1. The summed E-state index contributed by atoms with van der Waals surface area (Å²) in [6.07, 6.45) is 0.789. The molecule has 4 rings (SSSR count). The Morgan fingerprint density at radius 1 is 0.967 bits per heavy atom. The Bertz CT molecular complexity index is 1070. The van der Waals surface area contributed by atoms with E-state index in [0.717, 1.165) is 12.0 Å². The SMILES string of the molecule is O=C(COc1ccccc1Cl)Nc1ccc2c(c1)CN(C(=O)c1ccccc1)CC2. The van der Waals surface area contributed by atoms with Crippen LogP contribution < -0.4 is 10.1 Å². The first kappa shape index (κ1) is 20.0. The van der Waals surface area contributed by atoms with E-state index in [4.69, 9.17) is 16.3 Å². The van der Waals surface area contributed by atoms with Gasteiger partial charge in [-0.3, -0.25) is 9.59 Å². The Morgan fingerprint density at radius 3 is 2.53 bits per heavy atom. The highest BCUT2D eigenvalue weighted by molar-refractivity contribution is 6.32. The predicted octanol–water partition coefficient (Wildman–Crippen LogP) is 4.56. The largest absolute Gasteiger partial charge is 0.482 e. The summed E-state index contributed by atoms with van der Waals surface area (Å²) in [5.41, 5.74) is 3.59. The first-order valence-electron chi connectivity index (χ1n) is 9.73. The number of ether oxygens (including phenoxy) is 1. The molecule has 0 saturated carbocycles. The van der Waals surface area contributed by atoms with Gasteiger partial charge in [-0.15, -0.1) is 0 Å². The van der Waals surface area contributed by atoms with Crippen LogP contribution in [0.15, 0.2) is 72.8 Å². The summed E-state index contributed by atoms with van der Waals surface area (Å²) >= 11 is 6.04. The third kappa shape index (κ3) is 4.63. The molecule has 0 atom stereocenters. The summed E-state index contributed by atoms with van der Waals surface area (Å²) in [5.74, 6) is 0.210. The molecule has 6 heteroatoms. The lowest BCUT2D eigenvalue weighted by Gasteiger charge is -2.29. The zero-order valence-electron chi connectivity index (χ0n) is 16.3. The van der Waals surface area contributed by atoms with Gasteiger partial charge in [0.15, 0.2) is 6.61 Å². The van der Waals surface area contributed by atoms with E-state index in [1.807, 2.05) is 53.4 Å². The Kier molecular flexibility index (Phi) is 6.00. The minimum absolute atomic E-state index is 0.0174. The van der Waals surface area contributed by atoms with Gasteiger partial charge in [-0.25, -0.2) is 0 Å². The van der Waals surface area contributed by atoms with E-state index >= 15 is 0 Å². The molecule has 0 bridgehead atoms. The van der Waals surface area contributed by atoms with Gasteiger partial charge >= 0.3 is 0 Å². The first-order valence-corrected chi connectivity index (χ1v) is 10.1. The first-order chi connectivity index (χ1) is 14.6. The number of nitrogens with one attached hydrogen (secondary N) is 1. The van der Waals surface area contributed by atoms with Gasteiger partial charge in [-0.05, 0) is 53.9 Å². The fraction of sp³-hybridized carbons (Fsp3) is 0.167. The van der Waals surface area contributed by atoms with E-state index in [-0.39, 0.29) is 18.4 Å². The van der Waals surface area contributed by atoms with Crippen molar-refractivity contribution in [2.75, 3.05) is 18.5 Å². The number of halogens is 1. The second-order valence-electron chi connectivity index (χ2n) is 7.09. The van der Waals surface area contributed by atoms with Crippen LogP contribution in [-0.2, 0) is 17.8 Å². The normalized spacial score (nSPS) is 12.8. The number of anilines is 1. The number of carbonyl (C=O) groups excluding carboxylic acids is 2. The van der Waals surface area contributed by atoms with Crippen LogP contribution in [0.25, 0.3) is 0 Å². The monoisotopic (exact) mass is 420 g/mol. The van der Waals surface area contributed by atoms with Gasteiger partial charge in [0, 0.05) is 24.3 Å². The highest BCUT2D eigenvalue weighted by atomic mass is 35.5. The molecule has 1 heterocycles. The minimum atomic E-state index is -0.275. The summed E-state index contributed by atoms with van der Waals surface area (Å²) in [6.45, 7) is 1.06. The molecule has 0 saturated heterocycles. The van der Waals surface area contributed by atoms with Crippen LogP contribution in [0.4, 0.5) is 5.69 Å². The number of nitrogens with zero attached hydrogens (tertiary/aromatic N) is 1. The van der Waals surface area contributed by atoms with E-state index in [2.05, 4.69) is 5.32 Å². The number of fused-ring (bicyclic) bond motifs is 1. The third-order valence-corrected chi connectivity index (χ3v) is 5.32. The number of benzene rings is 3. The van der Waals surface area contributed by atoms with Crippen LogP contribution in [-0.4, -0.2) is 29.9 Å². The lowest BCUT2D eigenvalue weighted by Crippen LogP contribution is -2.36. The van der Waals surface area contributed by atoms with Gasteiger partial charge in [-0.2, -0.15) is 0 Å². The topological polar surface area (TPSA) is 58.6 Å². The molecule has 0 aliphatic carbocycles. The van der Waals surface area contributed by atoms with Crippen LogP contribution in [0.5, 0.6) is 5.75 Å². The molecule has 0 fully saturated rings. The van der Waals surface area contributed by atoms with Crippen molar-refractivity contribution < 1.29 is 14.3 Å². The molecule has 0 unspecified atom stereocenters. The smallest absolute Gasteiger partial charge is 0.262 e. The maximum absolute atomic E-state index is 12.7. The molecule has 2 amide bonds. The van der Waals surface area contributed by atoms with E-state index < -0.39 is 0 Å². The van der Waals surface area contributed by atoms with Gasteiger partial charge in [0.05, 0.1) is 5.02 Å². The van der Waals surface area contributed by atoms with Crippen LogP contribution in [0.1, 0.15) is 21.5 Å². The van der Waals surface area contributed by atoms with Crippen molar-refractivity contribution in [3.63, 3.8) is 0 Å². The molecule has 0 radical (unpaired) electrons. The highest BCUT2D eigenvalue weighted by Gasteiger charge is 2.22. The molecule has 30 heavy (non-hydrogen) atoms. The van der Waals surface area contributed by atoms with Crippen molar-refractivity contribution in [2.24, 2.45) is 0 Å². The van der Waals surface area contributed by atoms with Crippen LogP contribution >= 0.6 is 11.6 Å². The average Bonchev–Trinajstić information content (AvgIpc) is 2.78. The molecule has 152 valence electrons. The number of carbonyl (C=O) groups is 2. The second kappa shape index (κ2) is 9.01. The predicted molar refractivity (Wildman–Crippen MR) is 117 cm³/mol. The van der Waals surface area contributed by atoms with E-state index in [1.165, 1.54) is 5.56 Å². The van der Waals surface area contributed by atoms with Crippen molar-refractivity contribution in [3.8, 4) is 5.75 Å². The van der Waals surface area contributed by atoms with E-state index in [0.29, 0.717) is 35.1 Å². The lowest BCUT2D eigenvalue weighted by atomic mass is 9.98. The van der Waals surface area contributed by atoms with E-state index in [1.54, 1.807) is 24.3 Å². The average molecular weight is 421 g/mol. The summed E-state index contributed by atoms with van der Waals surface area (Å²) in [4.78, 5) is 26.9. The molecule has 5 nitrogen and oxygen atoms in total. The fourth-order valence-electron chi connectivity index (χ4n) is 3.47. The van der Waals surface area contributed by atoms with Crippen LogP contribution in [0, 0.1) is 0 Å². The van der Waals surface area contributed by atoms with Crippen molar-refractivity contribution in [2.45, 2.75) is 13.0 Å². The molecular weight excluding hydrogens is 400 g/mol. The maximum atomic E-state index is 12.7. The molecule has 1 aliphatic rings. The molecule has 3 aromatic carbocycles. The maximum Gasteiger partial charge on any atom is 0.262 e. The van der Waals surface area contributed by atoms with Gasteiger partial charge in [0.1, 0.15) is 5.75 Å². The number of rotatable bonds is 5. The van der Waals surface area contributed by atoms with Crippen molar-refractivity contribution in [1.82, 2.24) is 4.90 Å². The van der Waals surface area contributed by atoms with E-state index in [9.17, 15) is 9.59 Å². The Hall–Kier alpha value is -3.31. The number of amides is 2. The third-order valence-electron chi connectivity index (χ3n) is 5.01. The van der Waals surface area contributed by atoms with Crippen LogP contribution in [0.2, 0.25) is 5.02 Å². The zero-order chi connectivity index (χ0) is 20.9. The highest BCUT2D eigenvalue weighted by Crippen LogP contribution is 2.25. The Labute approximate surface area is 180 Å². The van der Waals surface area contributed by atoms with Gasteiger partial charge < -0.3 is 15.0 Å². The van der Waals surface area contributed by atoms with Gasteiger partial charge in [-0.1, -0.05) is 48.0 Å². The molecule has 3 aromatic rings. The standard InChI is InChI=1S/C24H21ClN2O3/c25-21-8-4-5-9-22(21)30-16-23(28)26-20-11-10-17-12-13-27(15-19(17)14-20)24(29)18-6-2-1-3-7-18/h1-11,14H,12-13,15-16H2,(H,26,28). The summed E-state index contributed by atoms with van der Waals surface area (Å²) in [7, 11) is 0. The number of para-hydroxylation sites is 1. The zero-order valence-corrected chi connectivity index (χ0v) is 17.1. The molecule has 0 spiro atoms. The second-order valence-corrected chi connectivity index (χ2v) is 7.50. The molecule has 1 N–H and O–H groups in total. The summed E-state index contributed by atoms with van der Waals surface area (Å²) in [5, 5.41) is 3.31. The van der Waals surface area contributed by atoms with Crippen molar-refractivity contribution >= 4 is 29.1 Å². The minimum Gasteiger partial charge on any atom is -0.482 e. The van der Waals surface area contributed by atoms with Crippen molar-refractivity contribution in [3.05, 3.63) is 94.5 Å². The lowest BCUT2D eigenvalue weighted by molar-refractivity contribution is -0.118. The van der Waals surface area contributed by atoms with Crippen molar-refractivity contribution in [1.29, 1.82) is 0 Å². The molecule has 0 aromatic heterocycles. The fourth-order valence-corrected chi connectivity index (χ4v) is 3.66. The number of hydrogen-bond acceptors (Lipinski definition) is 3. The quantitative estimate of drug-likeness (QED) is 0.658. The molecule has 1 aliphatic heterocycles. The van der Waals surface area contributed by atoms with Crippen LogP contribution in [0.3, 0.4) is 0 Å². The summed E-state index contributed by atoms with van der Waals surface area (Å²) in [6, 6.07) is 22.1. The summed E-state index contributed by atoms with van der Waals surface area (Å²) < 4.78 is 5.48.